The molecule has 2 aromatic carbocycles. The van der Waals surface area contributed by atoms with Gasteiger partial charge in [0.25, 0.3) is 0 Å². The van der Waals surface area contributed by atoms with Crippen molar-refractivity contribution in [2.45, 2.75) is 26.3 Å². The highest BCUT2D eigenvalue weighted by molar-refractivity contribution is 5.77. The number of benzene rings is 2. The number of aryl methyl sites for hydroxylation is 1. The molecule has 3 rings (SSSR count). The minimum atomic E-state index is 0.213. The van der Waals surface area contributed by atoms with Crippen molar-refractivity contribution < 1.29 is 4.42 Å². The lowest BCUT2D eigenvalue weighted by atomic mass is 10.0. The van der Waals surface area contributed by atoms with E-state index >= 15 is 0 Å². The van der Waals surface area contributed by atoms with Crippen molar-refractivity contribution >= 4 is 11.0 Å². The standard InChI is InChI=1S/C19H21NO/c1-3-20-17(12-15-10-8-14(2)9-11-15)19-13-16-6-4-5-7-18(16)21-19/h4-11,13,17,20H,3,12H2,1-2H3. The van der Waals surface area contributed by atoms with Gasteiger partial charge in [0.05, 0.1) is 6.04 Å². The van der Waals surface area contributed by atoms with Crippen molar-refractivity contribution in [2.24, 2.45) is 0 Å². The third-order valence-electron chi connectivity index (χ3n) is 3.80. The smallest absolute Gasteiger partial charge is 0.134 e. The second-order valence-corrected chi connectivity index (χ2v) is 5.49. The largest absolute Gasteiger partial charge is 0.459 e. The molecule has 3 aromatic rings. The fourth-order valence-corrected chi connectivity index (χ4v) is 2.65. The Labute approximate surface area is 125 Å². The lowest BCUT2D eigenvalue weighted by Crippen LogP contribution is -2.22. The van der Waals surface area contributed by atoms with Gasteiger partial charge in [-0.1, -0.05) is 55.0 Å². The molecule has 21 heavy (non-hydrogen) atoms. The van der Waals surface area contributed by atoms with Gasteiger partial charge in [0.2, 0.25) is 0 Å². The van der Waals surface area contributed by atoms with Gasteiger partial charge in [-0.2, -0.15) is 0 Å². The van der Waals surface area contributed by atoms with Crippen LogP contribution >= 0.6 is 0 Å². The van der Waals surface area contributed by atoms with Crippen LogP contribution in [0.4, 0.5) is 0 Å². The van der Waals surface area contributed by atoms with Gasteiger partial charge in [0, 0.05) is 5.39 Å². The summed E-state index contributed by atoms with van der Waals surface area (Å²) >= 11 is 0. The number of furan rings is 1. The molecule has 1 atom stereocenters. The molecule has 0 bridgehead atoms. The molecule has 0 amide bonds. The predicted octanol–water partition coefficient (Wildman–Crippen LogP) is 4.63. The van der Waals surface area contributed by atoms with Crippen LogP contribution in [0.2, 0.25) is 0 Å². The summed E-state index contributed by atoms with van der Waals surface area (Å²) in [4.78, 5) is 0. The summed E-state index contributed by atoms with van der Waals surface area (Å²) in [7, 11) is 0. The van der Waals surface area contributed by atoms with Crippen molar-refractivity contribution in [3.05, 3.63) is 71.5 Å². The maximum absolute atomic E-state index is 6.02. The number of para-hydroxylation sites is 1. The van der Waals surface area contributed by atoms with Crippen molar-refractivity contribution in [2.75, 3.05) is 6.54 Å². The molecule has 0 radical (unpaired) electrons. The Bertz CT molecular complexity index is 679. The number of rotatable bonds is 5. The Morgan fingerprint density at radius 2 is 1.81 bits per heavy atom. The zero-order valence-electron chi connectivity index (χ0n) is 12.6. The zero-order valence-corrected chi connectivity index (χ0v) is 12.6. The van der Waals surface area contributed by atoms with Gasteiger partial charge in [-0.25, -0.2) is 0 Å². The number of hydrogen-bond acceptors (Lipinski definition) is 2. The summed E-state index contributed by atoms with van der Waals surface area (Å²) in [5.74, 6) is 1.01. The van der Waals surface area contributed by atoms with Crippen LogP contribution < -0.4 is 5.32 Å². The van der Waals surface area contributed by atoms with E-state index in [2.05, 4.69) is 55.6 Å². The lowest BCUT2D eigenvalue weighted by Gasteiger charge is -2.15. The topological polar surface area (TPSA) is 25.2 Å². The molecule has 0 fully saturated rings. The molecule has 0 aliphatic rings. The zero-order chi connectivity index (χ0) is 14.7. The Hall–Kier alpha value is -2.06. The Morgan fingerprint density at radius 1 is 1.05 bits per heavy atom. The average Bonchev–Trinajstić information content (AvgIpc) is 2.93. The van der Waals surface area contributed by atoms with Crippen LogP contribution in [0.1, 0.15) is 29.9 Å². The van der Waals surface area contributed by atoms with E-state index in [9.17, 15) is 0 Å². The molecule has 1 heterocycles. The van der Waals surface area contributed by atoms with Crippen molar-refractivity contribution in [1.29, 1.82) is 0 Å². The third kappa shape index (κ3) is 3.17. The molecule has 0 saturated heterocycles. The van der Waals surface area contributed by atoms with Crippen LogP contribution in [0.25, 0.3) is 11.0 Å². The second-order valence-electron chi connectivity index (χ2n) is 5.49. The average molecular weight is 279 g/mol. The van der Waals surface area contributed by atoms with Crippen molar-refractivity contribution in [3.8, 4) is 0 Å². The molecule has 2 nitrogen and oxygen atoms in total. The minimum absolute atomic E-state index is 0.213. The fraction of sp³-hybridized carbons (Fsp3) is 0.263. The Kier molecular flexibility index (Phi) is 4.07. The second kappa shape index (κ2) is 6.15. The summed E-state index contributed by atoms with van der Waals surface area (Å²) < 4.78 is 6.02. The molecular formula is C19H21NO. The normalized spacial score (nSPS) is 12.7. The van der Waals surface area contributed by atoms with E-state index in [1.54, 1.807) is 0 Å². The number of nitrogens with one attached hydrogen (secondary N) is 1. The highest BCUT2D eigenvalue weighted by Gasteiger charge is 2.16. The van der Waals surface area contributed by atoms with Gasteiger partial charge in [0.15, 0.2) is 0 Å². The lowest BCUT2D eigenvalue weighted by molar-refractivity contribution is 0.435. The summed E-state index contributed by atoms with van der Waals surface area (Å²) in [6.07, 6.45) is 0.938. The number of likely N-dealkylation sites (N-methyl/N-ethyl adjacent to an activating group) is 1. The van der Waals surface area contributed by atoms with E-state index in [0.717, 1.165) is 24.3 Å². The van der Waals surface area contributed by atoms with Crippen LogP contribution in [0, 0.1) is 6.92 Å². The van der Waals surface area contributed by atoms with E-state index in [1.807, 2.05) is 18.2 Å². The molecule has 108 valence electrons. The number of hydrogen-bond donors (Lipinski definition) is 1. The summed E-state index contributed by atoms with van der Waals surface area (Å²) in [5.41, 5.74) is 3.58. The van der Waals surface area contributed by atoms with Crippen LogP contribution in [0.15, 0.2) is 59.0 Å². The summed E-state index contributed by atoms with van der Waals surface area (Å²) in [5, 5.41) is 4.70. The molecule has 0 spiro atoms. The van der Waals surface area contributed by atoms with Gasteiger partial charge >= 0.3 is 0 Å². The SMILES string of the molecule is CCNC(Cc1ccc(C)cc1)c1cc2ccccc2o1. The molecule has 1 unspecified atom stereocenters. The van der Waals surface area contributed by atoms with Crippen LogP contribution in [-0.2, 0) is 6.42 Å². The van der Waals surface area contributed by atoms with E-state index in [4.69, 9.17) is 4.42 Å². The molecular weight excluding hydrogens is 258 g/mol. The molecule has 0 aliphatic carbocycles. The van der Waals surface area contributed by atoms with Gasteiger partial charge in [-0.15, -0.1) is 0 Å². The molecule has 1 N–H and O–H groups in total. The highest BCUT2D eigenvalue weighted by atomic mass is 16.3. The highest BCUT2D eigenvalue weighted by Crippen LogP contribution is 2.26. The maximum Gasteiger partial charge on any atom is 0.134 e. The van der Waals surface area contributed by atoms with E-state index in [0.29, 0.717) is 0 Å². The fourth-order valence-electron chi connectivity index (χ4n) is 2.65. The first-order valence-electron chi connectivity index (χ1n) is 7.53. The third-order valence-corrected chi connectivity index (χ3v) is 3.80. The quantitative estimate of drug-likeness (QED) is 0.736. The summed E-state index contributed by atoms with van der Waals surface area (Å²) in [6, 6.07) is 19.3. The molecule has 2 heteroatoms. The van der Waals surface area contributed by atoms with E-state index < -0.39 is 0 Å². The molecule has 0 aliphatic heterocycles. The van der Waals surface area contributed by atoms with Crippen LogP contribution in [0.5, 0.6) is 0 Å². The number of fused-ring (bicyclic) bond motifs is 1. The van der Waals surface area contributed by atoms with Gasteiger partial charge < -0.3 is 9.73 Å². The monoisotopic (exact) mass is 279 g/mol. The molecule has 0 saturated carbocycles. The first-order chi connectivity index (χ1) is 10.3. The Morgan fingerprint density at radius 3 is 2.52 bits per heavy atom. The van der Waals surface area contributed by atoms with Gasteiger partial charge in [-0.05, 0) is 37.6 Å². The summed E-state index contributed by atoms with van der Waals surface area (Å²) in [6.45, 7) is 5.17. The minimum Gasteiger partial charge on any atom is -0.459 e. The van der Waals surface area contributed by atoms with Crippen molar-refractivity contribution in [3.63, 3.8) is 0 Å². The van der Waals surface area contributed by atoms with E-state index in [-0.39, 0.29) is 6.04 Å². The first kappa shape index (κ1) is 13.9. The first-order valence-corrected chi connectivity index (χ1v) is 7.53. The Balaban J connectivity index is 1.87. The molecule has 1 aromatic heterocycles. The maximum atomic E-state index is 6.02. The van der Waals surface area contributed by atoms with E-state index in [1.165, 1.54) is 16.5 Å². The van der Waals surface area contributed by atoms with Gasteiger partial charge in [0.1, 0.15) is 11.3 Å². The predicted molar refractivity (Wildman–Crippen MR) is 87.5 cm³/mol. The van der Waals surface area contributed by atoms with Crippen LogP contribution in [-0.4, -0.2) is 6.54 Å². The van der Waals surface area contributed by atoms with Crippen molar-refractivity contribution in [1.82, 2.24) is 5.32 Å². The van der Waals surface area contributed by atoms with Gasteiger partial charge in [-0.3, -0.25) is 0 Å². The van der Waals surface area contributed by atoms with Crippen LogP contribution in [0.3, 0.4) is 0 Å².